The molecule has 5 rings (SSSR count). The number of nitrogens with zero attached hydrogens (tertiary/aromatic N) is 5. The lowest BCUT2D eigenvalue weighted by Gasteiger charge is -2.35. The van der Waals surface area contributed by atoms with Gasteiger partial charge in [0.25, 0.3) is 0 Å². The molecule has 0 atom stereocenters. The molecular formula is C27H30N6OS. The van der Waals surface area contributed by atoms with Crippen molar-refractivity contribution in [1.82, 2.24) is 25.2 Å². The molecule has 1 amide bonds. The summed E-state index contributed by atoms with van der Waals surface area (Å²) < 4.78 is 0. The molecule has 35 heavy (non-hydrogen) atoms. The van der Waals surface area contributed by atoms with Crippen molar-refractivity contribution in [2.45, 2.75) is 13.8 Å². The summed E-state index contributed by atoms with van der Waals surface area (Å²) in [6.07, 6.45) is 1.77. The van der Waals surface area contributed by atoms with Gasteiger partial charge in [-0.3, -0.25) is 14.7 Å². The van der Waals surface area contributed by atoms with E-state index in [0.29, 0.717) is 24.8 Å². The van der Waals surface area contributed by atoms with Gasteiger partial charge in [0.2, 0.25) is 5.91 Å². The summed E-state index contributed by atoms with van der Waals surface area (Å²) in [4.78, 5) is 32.3. The van der Waals surface area contributed by atoms with Crippen LogP contribution in [0.15, 0.2) is 60.1 Å². The highest BCUT2D eigenvalue weighted by molar-refractivity contribution is 7.17. The first-order valence-corrected chi connectivity index (χ1v) is 13.0. The summed E-state index contributed by atoms with van der Waals surface area (Å²) in [5, 5.41) is 6.29. The molecular weight excluding hydrogens is 456 g/mol. The monoisotopic (exact) mass is 486 g/mol. The van der Waals surface area contributed by atoms with Crippen LogP contribution in [0.5, 0.6) is 0 Å². The molecule has 0 radical (unpaired) electrons. The number of carbonyl (C=O) groups is 1. The third-order valence-corrected chi connectivity index (χ3v) is 7.01. The lowest BCUT2D eigenvalue weighted by Crippen LogP contribution is -2.50. The molecule has 0 bridgehead atoms. The van der Waals surface area contributed by atoms with Crippen LogP contribution in [-0.2, 0) is 4.79 Å². The molecule has 1 fully saturated rings. The van der Waals surface area contributed by atoms with Gasteiger partial charge in [0.1, 0.15) is 16.3 Å². The molecule has 1 aliphatic heterocycles. The molecule has 1 aromatic carbocycles. The summed E-state index contributed by atoms with van der Waals surface area (Å²) in [6.45, 7) is 8.59. The molecule has 4 aromatic rings. The first-order valence-electron chi connectivity index (χ1n) is 12.1. The maximum atomic E-state index is 12.3. The van der Waals surface area contributed by atoms with Gasteiger partial charge in [0.15, 0.2) is 5.82 Å². The van der Waals surface area contributed by atoms with Crippen LogP contribution in [0.3, 0.4) is 0 Å². The van der Waals surface area contributed by atoms with Crippen molar-refractivity contribution in [2.75, 3.05) is 44.2 Å². The van der Waals surface area contributed by atoms with Crippen molar-refractivity contribution in [3.05, 3.63) is 60.1 Å². The van der Waals surface area contributed by atoms with E-state index < -0.39 is 0 Å². The van der Waals surface area contributed by atoms with Crippen LogP contribution in [0.4, 0.5) is 5.82 Å². The van der Waals surface area contributed by atoms with Gasteiger partial charge in [-0.05, 0) is 23.6 Å². The van der Waals surface area contributed by atoms with Gasteiger partial charge in [0, 0.05) is 49.9 Å². The Balaban J connectivity index is 1.44. The van der Waals surface area contributed by atoms with Crippen LogP contribution < -0.4 is 10.2 Å². The average molecular weight is 487 g/mol. The van der Waals surface area contributed by atoms with Crippen molar-refractivity contribution < 1.29 is 4.79 Å². The van der Waals surface area contributed by atoms with Crippen molar-refractivity contribution >= 4 is 33.3 Å². The van der Waals surface area contributed by atoms with E-state index in [1.165, 1.54) is 0 Å². The minimum Gasteiger partial charge on any atom is -0.355 e. The van der Waals surface area contributed by atoms with Crippen LogP contribution in [0.1, 0.15) is 13.8 Å². The zero-order valence-corrected chi connectivity index (χ0v) is 21.0. The first-order chi connectivity index (χ1) is 17.1. The molecule has 1 saturated heterocycles. The summed E-state index contributed by atoms with van der Waals surface area (Å²) >= 11 is 1.64. The molecule has 0 saturated carbocycles. The Labute approximate surface area is 209 Å². The Morgan fingerprint density at radius 1 is 1.03 bits per heavy atom. The minimum atomic E-state index is 0.0956. The van der Waals surface area contributed by atoms with Crippen molar-refractivity contribution in [3.63, 3.8) is 0 Å². The van der Waals surface area contributed by atoms with Gasteiger partial charge in [-0.25, -0.2) is 9.97 Å². The predicted molar refractivity (Wildman–Crippen MR) is 143 cm³/mol. The highest BCUT2D eigenvalue weighted by Gasteiger charge is 2.25. The van der Waals surface area contributed by atoms with Gasteiger partial charge >= 0.3 is 0 Å². The molecule has 180 valence electrons. The minimum absolute atomic E-state index is 0.0956. The Hall–Kier alpha value is -3.36. The summed E-state index contributed by atoms with van der Waals surface area (Å²) in [5.41, 5.74) is 3.09. The Morgan fingerprint density at radius 3 is 2.51 bits per heavy atom. The number of piperazine rings is 1. The quantitative estimate of drug-likeness (QED) is 0.420. The number of aromatic nitrogens is 3. The molecule has 1 N–H and O–H groups in total. The third kappa shape index (κ3) is 5.33. The predicted octanol–water partition coefficient (Wildman–Crippen LogP) is 4.31. The van der Waals surface area contributed by atoms with Crippen LogP contribution in [0.2, 0.25) is 0 Å². The molecule has 3 aromatic heterocycles. The smallest absolute Gasteiger partial charge is 0.234 e. The highest BCUT2D eigenvalue weighted by atomic mass is 32.1. The molecule has 0 unspecified atom stereocenters. The largest absolute Gasteiger partial charge is 0.355 e. The van der Waals surface area contributed by atoms with E-state index >= 15 is 0 Å². The highest BCUT2D eigenvalue weighted by Crippen LogP contribution is 2.39. The number of nitrogens with one attached hydrogen (secondary N) is 1. The van der Waals surface area contributed by atoms with Crippen LogP contribution in [0, 0.1) is 5.92 Å². The molecule has 0 aliphatic carbocycles. The Morgan fingerprint density at radius 2 is 1.80 bits per heavy atom. The zero-order chi connectivity index (χ0) is 24.2. The number of carbonyl (C=O) groups excluding carboxylic acids is 1. The fourth-order valence-corrected chi connectivity index (χ4v) is 5.23. The second-order valence-electron chi connectivity index (χ2n) is 9.24. The standard InChI is InChI=1S/C27H30N6OS/c1-19(2)16-29-23(34)17-32-12-14-33(15-13-32)26-24-21(20-8-4-3-5-9-20)18-35-27(24)31-25(30-26)22-10-6-7-11-28-22/h3-11,18-19H,12-17H2,1-2H3,(H,29,34). The van der Waals surface area contributed by atoms with Crippen molar-refractivity contribution in [1.29, 1.82) is 0 Å². The van der Waals surface area contributed by atoms with Gasteiger partial charge in [0.05, 0.1) is 11.9 Å². The van der Waals surface area contributed by atoms with E-state index in [0.717, 1.165) is 59.0 Å². The fourth-order valence-electron chi connectivity index (χ4n) is 4.29. The summed E-state index contributed by atoms with van der Waals surface area (Å²) in [7, 11) is 0. The SMILES string of the molecule is CC(C)CNC(=O)CN1CCN(c2nc(-c3ccccn3)nc3scc(-c4ccccc4)c23)CC1. The first kappa shape index (κ1) is 23.4. The van der Waals surface area contributed by atoms with Gasteiger partial charge < -0.3 is 10.2 Å². The average Bonchev–Trinajstić information content (AvgIpc) is 3.33. The second kappa shape index (κ2) is 10.5. The number of benzene rings is 1. The fraction of sp³-hybridized carbons (Fsp3) is 0.333. The molecule has 7 nitrogen and oxygen atoms in total. The summed E-state index contributed by atoms with van der Waals surface area (Å²) in [6, 6.07) is 16.2. The van der Waals surface area contributed by atoms with E-state index in [1.54, 1.807) is 17.5 Å². The van der Waals surface area contributed by atoms with Crippen molar-refractivity contribution in [2.24, 2.45) is 5.92 Å². The Bertz CT molecular complexity index is 1280. The third-order valence-electron chi connectivity index (χ3n) is 6.14. The van der Waals surface area contributed by atoms with E-state index in [4.69, 9.17) is 9.97 Å². The number of thiophene rings is 1. The normalized spacial score (nSPS) is 14.5. The number of hydrogen-bond acceptors (Lipinski definition) is 7. The number of fused-ring (bicyclic) bond motifs is 1. The molecule has 1 aliphatic rings. The van der Waals surface area contributed by atoms with E-state index in [1.807, 2.05) is 24.3 Å². The number of rotatable bonds is 7. The zero-order valence-electron chi connectivity index (χ0n) is 20.1. The van der Waals surface area contributed by atoms with Crippen molar-refractivity contribution in [3.8, 4) is 22.6 Å². The molecule has 0 spiro atoms. The lowest BCUT2D eigenvalue weighted by molar-refractivity contribution is -0.122. The topological polar surface area (TPSA) is 74.2 Å². The number of anilines is 1. The maximum Gasteiger partial charge on any atom is 0.234 e. The van der Waals surface area contributed by atoms with Crippen LogP contribution in [0.25, 0.3) is 32.9 Å². The van der Waals surface area contributed by atoms with Gasteiger partial charge in [-0.2, -0.15) is 0 Å². The molecule has 4 heterocycles. The van der Waals surface area contributed by atoms with E-state index in [9.17, 15) is 4.79 Å². The second-order valence-corrected chi connectivity index (χ2v) is 10.1. The van der Waals surface area contributed by atoms with Gasteiger partial charge in [-0.15, -0.1) is 11.3 Å². The summed E-state index contributed by atoms with van der Waals surface area (Å²) in [5.74, 6) is 2.14. The number of amides is 1. The Kier molecular flexibility index (Phi) is 7.01. The van der Waals surface area contributed by atoms with E-state index in [2.05, 4.69) is 63.6 Å². The lowest BCUT2D eigenvalue weighted by atomic mass is 10.1. The number of pyridine rings is 1. The van der Waals surface area contributed by atoms with Crippen LogP contribution in [-0.4, -0.2) is 65.0 Å². The van der Waals surface area contributed by atoms with Crippen LogP contribution >= 0.6 is 11.3 Å². The van der Waals surface area contributed by atoms with E-state index in [-0.39, 0.29) is 5.91 Å². The van der Waals surface area contributed by atoms with Gasteiger partial charge in [-0.1, -0.05) is 50.2 Å². The maximum absolute atomic E-state index is 12.3. The number of hydrogen-bond donors (Lipinski definition) is 1. The molecule has 8 heteroatoms.